The van der Waals surface area contributed by atoms with Gasteiger partial charge in [0.15, 0.2) is 11.6 Å². The van der Waals surface area contributed by atoms with Gasteiger partial charge in [0.2, 0.25) is 11.8 Å². The largest absolute Gasteiger partial charge is 0.436 e. The van der Waals surface area contributed by atoms with Gasteiger partial charge in [-0.25, -0.2) is 13.8 Å². The lowest BCUT2D eigenvalue weighted by molar-refractivity contribution is -0.124. The van der Waals surface area contributed by atoms with E-state index in [0.29, 0.717) is 5.56 Å². The van der Waals surface area contributed by atoms with Crippen molar-refractivity contribution in [3.8, 4) is 11.6 Å². The average Bonchev–Trinajstić information content (AvgIpc) is 3.17. The number of aromatic nitrogens is 3. The molecule has 6 nitrogen and oxygen atoms in total. The summed E-state index contributed by atoms with van der Waals surface area (Å²) in [6.45, 7) is 1.85. The second kappa shape index (κ2) is 7.73. The first kappa shape index (κ1) is 17.5. The monoisotopic (exact) mass is 358 g/mol. The van der Waals surface area contributed by atoms with E-state index in [-0.39, 0.29) is 24.1 Å². The first-order valence-corrected chi connectivity index (χ1v) is 7.88. The normalized spacial score (nSPS) is 11.8. The van der Waals surface area contributed by atoms with Crippen LogP contribution in [0.3, 0.4) is 0 Å². The Balaban J connectivity index is 1.70. The number of halogens is 2. The van der Waals surface area contributed by atoms with Crippen molar-refractivity contribution in [2.45, 2.75) is 19.5 Å². The molecule has 2 heterocycles. The fourth-order valence-electron chi connectivity index (χ4n) is 2.27. The number of rotatable bonds is 6. The average molecular weight is 358 g/mol. The molecule has 1 aromatic carbocycles. The van der Waals surface area contributed by atoms with Crippen LogP contribution in [-0.4, -0.2) is 20.7 Å². The third-order valence-corrected chi connectivity index (χ3v) is 3.70. The zero-order valence-corrected chi connectivity index (χ0v) is 13.9. The summed E-state index contributed by atoms with van der Waals surface area (Å²) in [5, 5.41) is 6.79. The zero-order chi connectivity index (χ0) is 18.5. The number of hydrogen-bond donors (Lipinski definition) is 1. The maximum atomic E-state index is 13.8. The summed E-state index contributed by atoms with van der Waals surface area (Å²) in [6.07, 6.45) is 4.77. The highest BCUT2D eigenvalue weighted by molar-refractivity contribution is 5.79. The molecule has 3 aromatic rings. The molecule has 8 heteroatoms. The topological polar surface area (TPSA) is 69.0 Å². The van der Waals surface area contributed by atoms with E-state index in [1.165, 1.54) is 16.9 Å². The Hall–Kier alpha value is -3.29. The van der Waals surface area contributed by atoms with E-state index in [1.807, 2.05) is 0 Å². The number of carbonyl (C=O) groups excluding carboxylic acids is 1. The number of pyridine rings is 1. The highest BCUT2D eigenvalue weighted by Crippen LogP contribution is 2.26. The van der Waals surface area contributed by atoms with Crippen molar-refractivity contribution in [3.63, 3.8) is 0 Å². The molecule has 1 N–H and O–H groups in total. The molecular weight excluding hydrogens is 342 g/mol. The van der Waals surface area contributed by atoms with E-state index in [1.54, 1.807) is 37.5 Å². The molecule has 0 fully saturated rings. The number of hydrogen-bond acceptors (Lipinski definition) is 4. The summed E-state index contributed by atoms with van der Waals surface area (Å²) in [5.74, 6) is -1.79. The Kier molecular flexibility index (Phi) is 5.21. The van der Waals surface area contributed by atoms with Crippen molar-refractivity contribution in [1.82, 2.24) is 20.1 Å². The minimum atomic E-state index is -0.835. The second-order valence-corrected chi connectivity index (χ2v) is 5.52. The van der Waals surface area contributed by atoms with Crippen LogP contribution < -0.4 is 10.1 Å². The molecule has 0 aliphatic heterocycles. The Morgan fingerprint density at radius 2 is 2.12 bits per heavy atom. The lowest BCUT2D eigenvalue weighted by Gasteiger charge is -2.14. The van der Waals surface area contributed by atoms with E-state index in [2.05, 4.69) is 15.4 Å². The van der Waals surface area contributed by atoms with Crippen molar-refractivity contribution in [2.75, 3.05) is 0 Å². The maximum Gasteiger partial charge on any atom is 0.244 e. The van der Waals surface area contributed by atoms with Gasteiger partial charge < -0.3 is 10.1 Å². The minimum absolute atomic E-state index is 0.130. The molecule has 0 saturated carbocycles. The summed E-state index contributed by atoms with van der Waals surface area (Å²) >= 11 is 0. The molecule has 0 bridgehead atoms. The van der Waals surface area contributed by atoms with Crippen LogP contribution in [0.5, 0.6) is 11.6 Å². The predicted octanol–water partition coefficient (Wildman–Crippen LogP) is 3.23. The number of nitrogens with zero attached hydrogens (tertiary/aromatic N) is 3. The Morgan fingerprint density at radius 1 is 1.27 bits per heavy atom. The third kappa shape index (κ3) is 4.02. The third-order valence-electron chi connectivity index (χ3n) is 3.70. The maximum absolute atomic E-state index is 13.8. The summed E-state index contributed by atoms with van der Waals surface area (Å²) in [4.78, 5) is 16.3. The van der Waals surface area contributed by atoms with Gasteiger partial charge >= 0.3 is 0 Å². The van der Waals surface area contributed by atoms with Gasteiger partial charge in [0, 0.05) is 36.8 Å². The Bertz CT molecular complexity index is 900. The molecule has 0 aliphatic rings. The van der Waals surface area contributed by atoms with Gasteiger partial charge in [0.25, 0.3) is 0 Å². The van der Waals surface area contributed by atoms with Gasteiger partial charge in [-0.15, -0.1) is 0 Å². The standard InChI is InChI=1S/C18H16F2N4O2/c1-12(24-9-3-8-23-24)17(25)22-11-13-4-2-7-21-18(13)26-16-6-5-14(19)10-15(16)20/h2-10,12H,11H2,1H3,(H,22,25)/t12-/m0/s1. The molecule has 26 heavy (non-hydrogen) atoms. The molecule has 0 spiro atoms. The van der Waals surface area contributed by atoms with Crippen LogP contribution in [0.25, 0.3) is 0 Å². The summed E-state index contributed by atoms with van der Waals surface area (Å²) in [6, 6.07) is 7.62. The number of nitrogens with one attached hydrogen (secondary N) is 1. The van der Waals surface area contributed by atoms with E-state index < -0.39 is 17.7 Å². The molecule has 1 amide bonds. The van der Waals surface area contributed by atoms with Crippen molar-refractivity contribution in [2.24, 2.45) is 0 Å². The molecular formula is C18H16F2N4O2. The van der Waals surface area contributed by atoms with Crippen LogP contribution >= 0.6 is 0 Å². The first-order chi connectivity index (χ1) is 12.5. The number of carbonyl (C=O) groups is 1. The number of ether oxygens (including phenoxy) is 1. The first-order valence-electron chi connectivity index (χ1n) is 7.88. The van der Waals surface area contributed by atoms with E-state index >= 15 is 0 Å². The highest BCUT2D eigenvalue weighted by atomic mass is 19.1. The van der Waals surface area contributed by atoms with Crippen molar-refractivity contribution in [3.05, 3.63) is 72.2 Å². The number of amides is 1. The zero-order valence-electron chi connectivity index (χ0n) is 13.9. The molecule has 0 radical (unpaired) electrons. The molecule has 1 atom stereocenters. The van der Waals surface area contributed by atoms with Crippen molar-refractivity contribution < 1.29 is 18.3 Å². The second-order valence-electron chi connectivity index (χ2n) is 5.52. The van der Waals surface area contributed by atoms with Gasteiger partial charge in [-0.1, -0.05) is 6.07 Å². The van der Waals surface area contributed by atoms with E-state index in [0.717, 1.165) is 12.1 Å². The van der Waals surface area contributed by atoms with Gasteiger partial charge in [-0.2, -0.15) is 5.10 Å². The molecule has 0 unspecified atom stereocenters. The fraction of sp³-hybridized carbons (Fsp3) is 0.167. The van der Waals surface area contributed by atoms with Crippen molar-refractivity contribution >= 4 is 5.91 Å². The Morgan fingerprint density at radius 3 is 2.85 bits per heavy atom. The van der Waals surface area contributed by atoms with Crippen LogP contribution in [0.4, 0.5) is 8.78 Å². The minimum Gasteiger partial charge on any atom is -0.436 e. The van der Waals surface area contributed by atoms with Crippen LogP contribution in [0, 0.1) is 11.6 Å². The van der Waals surface area contributed by atoms with Crippen LogP contribution in [0.2, 0.25) is 0 Å². The molecule has 3 rings (SSSR count). The molecule has 0 aliphatic carbocycles. The molecule has 134 valence electrons. The Labute approximate surface area is 148 Å². The van der Waals surface area contributed by atoms with E-state index in [9.17, 15) is 13.6 Å². The molecule has 0 saturated heterocycles. The van der Waals surface area contributed by atoms with Gasteiger partial charge in [0.05, 0.1) is 0 Å². The number of benzene rings is 1. The van der Waals surface area contributed by atoms with Crippen LogP contribution in [0.1, 0.15) is 18.5 Å². The van der Waals surface area contributed by atoms with Crippen molar-refractivity contribution in [1.29, 1.82) is 0 Å². The quantitative estimate of drug-likeness (QED) is 0.735. The fourth-order valence-corrected chi connectivity index (χ4v) is 2.27. The lowest BCUT2D eigenvalue weighted by atomic mass is 10.2. The molecule has 2 aromatic heterocycles. The summed E-state index contributed by atoms with van der Waals surface area (Å²) in [7, 11) is 0. The van der Waals surface area contributed by atoms with Crippen LogP contribution in [0.15, 0.2) is 55.0 Å². The SMILES string of the molecule is C[C@@H](C(=O)NCc1cccnc1Oc1ccc(F)cc1F)n1cccn1. The van der Waals surface area contributed by atoms with Gasteiger partial charge in [0.1, 0.15) is 11.9 Å². The smallest absolute Gasteiger partial charge is 0.244 e. The summed E-state index contributed by atoms with van der Waals surface area (Å²) in [5.41, 5.74) is 0.553. The summed E-state index contributed by atoms with van der Waals surface area (Å²) < 4.78 is 33.7. The van der Waals surface area contributed by atoms with Gasteiger partial charge in [-0.05, 0) is 31.2 Å². The predicted molar refractivity (Wildman–Crippen MR) is 89.5 cm³/mol. The van der Waals surface area contributed by atoms with E-state index in [4.69, 9.17) is 4.74 Å². The van der Waals surface area contributed by atoms with Gasteiger partial charge in [-0.3, -0.25) is 9.48 Å². The lowest BCUT2D eigenvalue weighted by Crippen LogP contribution is -2.31. The van der Waals surface area contributed by atoms with Crippen LogP contribution in [-0.2, 0) is 11.3 Å². The highest BCUT2D eigenvalue weighted by Gasteiger charge is 2.16.